The number of hydrogen-bond acceptors (Lipinski definition) is 3. The molecule has 1 saturated heterocycles. The van der Waals surface area contributed by atoms with Gasteiger partial charge < -0.3 is 0 Å². The number of H-pyrrole nitrogens is 1. The van der Waals surface area contributed by atoms with E-state index in [9.17, 15) is 0 Å². The summed E-state index contributed by atoms with van der Waals surface area (Å²) in [5, 5.41) is 8.88. The molecule has 5 rings (SSSR count). The number of piperidine rings is 1. The molecule has 1 fully saturated rings. The van der Waals surface area contributed by atoms with Gasteiger partial charge in [-0.2, -0.15) is 5.10 Å². The molecule has 0 amide bonds. The maximum absolute atomic E-state index is 4.50. The van der Waals surface area contributed by atoms with E-state index >= 15 is 0 Å². The molecule has 0 radical (unpaired) electrons. The zero-order chi connectivity index (χ0) is 16.0. The predicted molar refractivity (Wildman–Crippen MR) is 94.8 cm³/mol. The minimum absolute atomic E-state index is 0.299. The Morgan fingerprint density at radius 2 is 2.12 bits per heavy atom. The minimum atomic E-state index is 0.299. The van der Waals surface area contributed by atoms with Gasteiger partial charge >= 0.3 is 0 Å². The van der Waals surface area contributed by atoms with E-state index < -0.39 is 0 Å². The Kier molecular flexibility index (Phi) is 3.20. The molecule has 2 aromatic heterocycles. The molecule has 1 unspecified atom stereocenters. The number of nitrogens with one attached hydrogen (secondary N) is 1. The molecule has 1 N–H and O–H groups in total. The predicted octanol–water partition coefficient (Wildman–Crippen LogP) is 3.44. The summed E-state index contributed by atoms with van der Waals surface area (Å²) in [7, 11) is 0. The third-order valence-corrected chi connectivity index (χ3v) is 5.91. The quantitative estimate of drug-likeness (QED) is 0.787. The van der Waals surface area contributed by atoms with Crippen molar-refractivity contribution < 1.29 is 0 Å². The molecule has 24 heavy (non-hydrogen) atoms. The first-order valence-corrected chi connectivity index (χ1v) is 8.92. The fraction of sp³-hybridized carbons (Fsp3) is 0.400. The number of likely N-dealkylation sites (tertiary alicyclic amines) is 1. The van der Waals surface area contributed by atoms with Crippen LogP contribution in [0.25, 0.3) is 10.9 Å². The fourth-order valence-corrected chi connectivity index (χ4v) is 4.76. The highest BCUT2D eigenvalue weighted by atomic mass is 15.2. The summed E-state index contributed by atoms with van der Waals surface area (Å²) in [4.78, 5) is 7.12. The first-order valence-electron chi connectivity index (χ1n) is 8.92. The van der Waals surface area contributed by atoms with Crippen LogP contribution in [-0.4, -0.2) is 33.2 Å². The van der Waals surface area contributed by atoms with Gasteiger partial charge in [0.2, 0.25) is 0 Å². The summed E-state index contributed by atoms with van der Waals surface area (Å²) < 4.78 is 0. The lowest BCUT2D eigenvalue weighted by Crippen LogP contribution is -2.44. The van der Waals surface area contributed by atoms with E-state index in [4.69, 9.17) is 0 Å². The van der Waals surface area contributed by atoms with Crippen LogP contribution in [0.3, 0.4) is 0 Å². The van der Waals surface area contributed by atoms with Gasteiger partial charge in [0.25, 0.3) is 0 Å². The summed E-state index contributed by atoms with van der Waals surface area (Å²) >= 11 is 0. The van der Waals surface area contributed by atoms with Gasteiger partial charge in [-0.3, -0.25) is 15.0 Å². The van der Waals surface area contributed by atoms with Gasteiger partial charge in [0.1, 0.15) is 0 Å². The standard InChI is InChI=1S/C20H22N4/c1-2-5-18-17(4-1)16(7-10-21-18)13-24-11-3-8-20(14-24)9-6-15-12-22-23-19(15)20/h1-2,4-5,7,10,12H,3,6,8-9,11,13-14H2,(H,22,23). The smallest absolute Gasteiger partial charge is 0.0705 e. The molecule has 0 bridgehead atoms. The topological polar surface area (TPSA) is 44.8 Å². The van der Waals surface area contributed by atoms with Crippen molar-refractivity contribution in [1.29, 1.82) is 0 Å². The van der Waals surface area contributed by atoms with Crippen molar-refractivity contribution in [1.82, 2.24) is 20.1 Å². The van der Waals surface area contributed by atoms with Crippen LogP contribution in [0.2, 0.25) is 0 Å². The molecule has 4 nitrogen and oxygen atoms in total. The Bertz CT molecular complexity index is 879. The normalized spacial score (nSPS) is 23.8. The van der Waals surface area contributed by atoms with Gasteiger partial charge in [0.05, 0.1) is 11.7 Å². The highest BCUT2D eigenvalue weighted by molar-refractivity contribution is 5.81. The zero-order valence-electron chi connectivity index (χ0n) is 13.8. The van der Waals surface area contributed by atoms with E-state index in [1.165, 1.54) is 54.4 Å². The second-order valence-corrected chi connectivity index (χ2v) is 7.35. The Labute approximate surface area is 141 Å². The Morgan fingerprint density at radius 1 is 1.17 bits per heavy atom. The molecule has 1 aliphatic heterocycles. The number of para-hydroxylation sites is 1. The van der Waals surface area contributed by atoms with Crippen LogP contribution in [0.5, 0.6) is 0 Å². The molecule has 1 aliphatic carbocycles. The van der Waals surface area contributed by atoms with Crippen LogP contribution in [-0.2, 0) is 18.4 Å². The number of benzene rings is 1. The molecule has 0 saturated carbocycles. The number of nitrogens with zero attached hydrogens (tertiary/aromatic N) is 3. The van der Waals surface area contributed by atoms with Crippen molar-refractivity contribution in [2.45, 2.75) is 37.6 Å². The van der Waals surface area contributed by atoms with Crippen LogP contribution in [0.15, 0.2) is 42.7 Å². The monoisotopic (exact) mass is 318 g/mol. The maximum atomic E-state index is 4.50. The summed E-state index contributed by atoms with van der Waals surface area (Å²) in [5.41, 5.74) is 5.63. The van der Waals surface area contributed by atoms with Gasteiger partial charge in [-0.05, 0) is 55.5 Å². The fourth-order valence-electron chi connectivity index (χ4n) is 4.76. The highest BCUT2D eigenvalue weighted by Crippen LogP contribution is 2.44. The lowest BCUT2D eigenvalue weighted by molar-refractivity contribution is 0.137. The van der Waals surface area contributed by atoms with E-state index in [1.54, 1.807) is 0 Å². The van der Waals surface area contributed by atoms with Gasteiger partial charge in [-0.25, -0.2) is 0 Å². The Balaban J connectivity index is 1.44. The zero-order valence-corrected chi connectivity index (χ0v) is 13.8. The Morgan fingerprint density at radius 3 is 3.12 bits per heavy atom. The SMILES string of the molecule is c1ccc2c(CN3CCCC4(CCc5cn[nH]c54)C3)ccnc2c1. The first-order chi connectivity index (χ1) is 11.8. The molecule has 122 valence electrons. The van der Waals surface area contributed by atoms with Crippen molar-refractivity contribution in [3.8, 4) is 0 Å². The second kappa shape index (κ2) is 5.42. The summed E-state index contributed by atoms with van der Waals surface area (Å²) in [6, 6.07) is 10.6. The van der Waals surface area contributed by atoms with E-state index in [-0.39, 0.29) is 0 Å². The van der Waals surface area contributed by atoms with E-state index in [0.717, 1.165) is 18.6 Å². The molecule has 3 heterocycles. The summed E-state index contributed by atoms with van der Waals surface area (Å²) in [5.74, 6) is 0. The molecule has 1 spiro atoms. The van der Waals surface area contributed by atoms with Crippen molar-refractivity contribution in [2.75, 3.05) is 13.1 Å². The lowest BCUT2D eigenvalue weighted by atomic mass is 9.77. The maximum Gasteiger partial charge on any atom is 0.0705 e. The van der Waals surface area contributed by atoms with Gasteiger partial charge in [-0.1, -0.05) is 18.2 Å². The number of pyridine rings is 1. The third-order valence-electron chi connectivity index (χ3n) is 5.91. The second-order valence-electron chi connectivity index (χ2n) is 7.35. The van der Waals surface area contributed by atoms with Crippen LogP contribution in [0, 0.1) is 0 Å². The number of aryl methyl sites for hydroxylation is 1. The molecule has 1 aromatic carbocycles. The number of fused-ring (bicyclic) bond motifs is 3. The largest absolute Gasteiger partial charge is 0.298 e. The van der Waals surface area contributed by atoms with Gasteiger partial charge in [-0.15, -0.1) is 0 Å². The number of aromatic nitrogens is 3. The van der Waals surface area contributed by atoms with Crippen LogP contribution in [0.1, 0.15) is 36.1 Å². The average Bonchev–Trinajstić information content (AvgIpc) is 3.21. The first kappa shape index (κ1) is 14.2. The van der Waals surface area contributed by atoms with Gasteiger partial charge in [0, 0.05) is 35.8 Å². The third kappa shape index (κ3) is 2.17. The number of hydrogen-bond donors (Lipinski definition) is 1. The van der Waals surface area contributed by atoms with Crippen LogP contribution >= 0.6 is 0 Å². The molecule has 2 aliphatic rings. The average molecular weight is 318 g/mol. The lowest BCUT2D eigenvalue weighted by Gasteiger charge is -2.40. The molecule has 3 aromatic rings. The van der Waals surface area contributed by atoms with Crippen LogP contribution < -0.4 is 0 Å². The van der Waals surface area contributed by atoms with E-state index in [2.05, 4.69) is 50.4 Å². The van der Waals surface area contributed by atoms with E-state index in [1.807, 2.05) is 12.4 Å². The molecular weight excluding hydrogens is 296 g/mol. The van der Waals surface area contributed by atoms with Crippen LogP contribution in [0.4, 0.5) is 0 Å². The van der Waals surface area contributed by atoms with Gasteiger partial charge in [0.15, 0.2) is 0 Å². The van der Waals surface area contributed by atoms with Crippen molar-refractivity contribution >= 4 is 10.9 Å². The van der Waals surface area contributed by atoms with Crippen molar-refractivity contribution in [2.24, 2.45) is 0 Å². The van der Waals surface area contributed by atoms with E-state index in [0.29, 0.717) is 5.41 Å². The summed E-state index contributed by atoms with van der Waals surface area (Å²) in [6.45, 7) is 3.33. The minimum Gasteiger partial charge on any atom is -0.298 e. The molecular formula is C20H22N4. The van der Waals surface area contributed by atoms with Crippen molar-refractivity contribution in [3.63, 3.8) is 0 Å². The number of rotatable bonds is 2. The van der Waals surface area contributed by atoms with Crippen molar-refractivity contribution in [3.05, 3.63) is 59.5 Å². The Hall–Kier alpha value is -2.20. The molecule has 4 heteroatoms. The summed E-state index contributed by atoms with van der Waals surface area (Å²) in [6.07, 6.45) is 8.97. The number of aromatic amines is 1. The molecule has 1 atom stereocenters. The highest BCUT2D eigenvalue weighted by Gasteiger charge is 2.43.